The summed E-state index contributed by atoms with van der Waals surface area (Å²) in [6.45, 7) is 8.53. The molecular weight excluding hydrogens is 414 g/mol. The highest BCUT2D eigenvalue weighted by Gasteiger charge is 2.32. The highest BCUT2D eigenvalue weighted by molar-refractivity contribution is 7.92. The van der Waals surface area contributed by atoms with Crippen molar-refractivity contribution in [2.45, 2.75) is 40.2 Å². The Balaban J connectivity index is 2.40. The van der Waals surface area contributed by atoms with Gasteiger partial charge in [0.05, 0.1) is 23.2 Å². The topological polar surface area (TPSA) is 86.8 Å². The molecule has 0 spiro atoms. The van der Waals surface area contributed by atoms with Gasteiger partial charge in [-0.15, -0.1) is 0 Å². The molecule has 0 bridgehead atoms. The van der Waals surface area contributed by atoms with Gasteiger partial charge in [-0.3, -0.25) is 13.9 Å². The molecule has 2 aromatic carbocycles. The fraction of sp³-hybridized carbons (Fsp3) is 0.391. The van der Waals surface area contributed by atoms with Crippen molar-refractivity contribution in [2.24, 2.45) is 0 Å². The lowest BCUT2D eigenvalue weighted by atomic mass is 10.1. The molecule has 0 saturated carbocycles. The fourth-order valence-corrected chi connectivity index (χ4v) is 4.64. The summed E-state index contributed by atoms with van der Waals surface area (Å²) in [7, 11) is -3.73. The Kier molecular flexibility index (Phi) is 8.21. The first kappa shape index (κ1) is 24.4. The maximum Gasteiger partial charge on any atom is 0.255 e. The lowest BCUT2D eigenvalue weighted by Gasteiger charge is -2.30. The Labute approximate surface area is 185 Å². The second kappa shape index (κ2) is 10.4. The molecule has 0 saturated heterocycles. The van der Waals surface area contributed by atoms with Gasteiger partial charge >= 0.3 is 0 Å². The number of sulfonamides is 1. The van der Waals surface area contributed by atoms with Crippen LogP contribution in [0.2, 0.25) is 0 Å². The molecule has 0 aliphatic rings. The summed E-state index contributed by atoms with van der Waals surface area (Å²) in [6, 6.07) is 12.8. The van der Waals surface area contributed by atoms with Crippen LogP contribution in [0.4, 0.5) is 11.4 Å². The second-order valence-electron chi connectivity index (χ2n) is 7.33. The summed E-state index contributed by atoms with van der Waals surface area (Å²) >= 11 is 0. The third-order valence-electron chi connectivity index (χ3n) is 5.08. The van der Waals surface area contributed by atoms with Crippen LogP contribution in [0.5, 0.6) is 0 Å². The number of anilines is 2. The van der Waals surface area contributed by atoms with Gasteiger partial charge in [-0.1, -0.05) is 36.8 Å². The average Bonchev–Trinajstić information content (AvgIpc) is 2.73. The number of hydrogen-bond donors (Lipinski definition) is 1. The molecule has 7 nitrogen and oxygen atoms in total. The number of amides is 2. The van der Waals surface area contributed by atoms with Crippen LogP contribution in [0, 0.1) is 6.92 Å². The molecule has 1 N–H and O–H groups in total. The van der Waals surface area contributed by atoms with E-state index in [0.29, 0.717) is 30.0 Å². The first-order chi connectivity index (χ1) is 14.6. The van der Waals surface area contributed by atoms with Crippen LogP contribution in [0.1, 0.15) is 43.1 Å². The quantitative estimate of drug-likeness (QED) is 0.638. The van der Waals surface area contributed by atoms with Crippen LogP contribution in [0.25, 0.3) is 0 Å². The van der Waals surface area contributed by atoms with E-state index in [2.05, 4.69) is 5.32 Å². The second-order valence-corrected chi connectivity index (χ2v) is 9.19. The van der Waals surface area contributed by atoms with Gasteiger partial charge in [0.2, 0.25) is 15.9 Å². The Bertz CT molecular complexity index is 1020. The van der Waals surface area contributed by atoms with Gasteiger partial charge in [-0.05, 0) is 51.5 Å². The minimum Gasteiger partial charge on any atom is -0.339 e. The largest absolute Gasteiger partial charge is 0.339 e. The van der Waals surface area contributed by atoms with E-state index in [1.54, 1.807) is 60.4 Å². The van der Waals surface area contributed by atoms with Crippen LogP contribution in [-0.2, 0) is 14.8 Å². The summed E-state index contributed by atoms with van der Waals surface area (Å²) in [6.07, 6.45) is 1.35. The SMILES string of the molecule is CCC(C(=O)Nc1ccccc1C(=O)N(CC)CC)N(c1ccc(C)cc1)S(C)(=O)=O. The van der Waals surface area contributed by atoms with Gasteiger partial charge in [0.1, 0.15) is 6.04 Å². The number of hydrogen-bond acceptors (Lipinski definition) is 4. The summed E-state index contributed by atoms with van der Waals surface area (Å²) < 4.78 is 26.3. The average molecular weight is 446 g/mol. The summed E-state index contributed by atoms with van der Waals surface area (Å²) in [5, 5.41) is 2.79. The number of nitrogens with one attached hydrogen (secondary N) is 1. The maximum absolute atomic E-state index is 13.2. The summed E-state index contributed by atoms with van der Waals surface area (Å²) in [5.74, 6) is -0.680. The Hall–Kier alpha value is -2.87. The number of benzene rings is 2. The van der Waals surface area contributed by atoms with Gasteiger partial charge in [-0.25, -0.2) is 8.42 Å². The predicted octanol–water partition coefficient (Wildman–Crippen LogP) is 3.66. The number of nitrogens with zero attached hydrogens (tertiary/aromatic N) is 2. The molecule has 0 aliphatic heterocycles. The van der Waals surface area contributed by atoms with E-state index in [1.807, 2.05) is 20.8 Å². The molecule has 31 heavy (non-hydrogen) atoms. The molecule has 2 aromatic rings. The molecule has 0 aromatic heterocycles. The van der Waals surface area contributed by atoms with Crippen LogP contribution in [0.3, 0.4) is 0 Å². The minimum atomic E-state index is -3.73. The van der Waals surface area contributed by atoms with Crippen molar-refractivity contribution >= 4 is 33.2 Å². The van der Waals surface area contributed by atoms with Gasteiger partial charge < -0.3 is 10.2 Å². The van der Waals surface area contributed by atoms with E-state index >= 15 is 0 Å². The van der Waals surface area contributed by atoms with Gasteiger partial charge in [-0.2, -0.15) is 0 Å². The van der Waals surface area contributed by atoms with Crippen molar-refractivity contribution in [1.29, 1.82) is 0 Å². The van der Waals surface area contributed by atoms with Gasteiger partial charge in [0.15, 0.2) is 0 Å². The van der Waals surface area contributed by atoms with Crippen molar-refractivity contribution in [1.82, 2.24) is 4.90 Å². The zero-order valence-corrected chi connectivity index (χ0v) is 19.6. The lowest BCUT2D eigenvalue weighted by Crippen LogP contribution is -2.47. The number of carbonyl (C=O) groups is 2. The number of aryl methyl sites for hydroxylation is 1. The molecule has 0 radical (unpaired) electrons. The van der Waals surface area contributed by atoms with E-state index in [-0.39, 0.29) is 12.3 Å². The third-order valence-corrected chi connectivity index (χ3v) is 6.26. The smallest absolute Gasteiger partial charge is 0.255 e. The highest BCUT2D eigenvalue weighted by Crippen LogP contribution is 2.25. The standard InChI is InChI=1S/C23H31N3O4S/c1-6-21(26(31(5,29)30)18-15-13-17(4)14-16-18)22(27)24-20-12-10-9-11-19(20)23(28)25(7-2)8-3/h9-16,21H,6-8H2,1-5H3,(H,24,27). The first-order valence-corrected chi connectivity index (χ1v) is 12.2. The highest BCUT2D eigenvalue weighted by atomic mass is 32.2. The Morgan fingerprint density at radius 2 is 1.55 bits per heavy atom. The van der Waals surface area contributed by atoms with Crippen LogP contribution >= 0.6 is 0 Å². The van der Waals surface area contributed by atoms with Crippen molar-refractivity contribution < 1.29 is 18.0 Å². The van der Waals surface area contributed by atoms with Crippen molar-refractivity contribution in [3.63, 3.8) is 0 Å². The van der Waals surface area contributed by atoms with Crippen molar-refractivity contribution in [3.8, 4) is 0 Å². The Morgan fingerprint density at radius 3 is 2.06 bits per heavy atom. The number of para-hydroxylation sites is 1. The molecule has 1 atom stereocenters. The predicted molar refractivity (Wildman–Crippen MR) is 125 cm³/mol. The van der Waals surface area contributed by atoms with Gasteiger partial charge in [0, 0.05) is 13.1 Å². The maximum atomic E-state index is 13.2. The lowest BCUT2D eigenvalue weighted by molar-refractivity contribution is -0.117. The van der Waals surface area contributed by atoms with E-state index in [9.17, 15) is 18.0 Å². The molecule has 0 fully saturated rings. The van der Waals surface area contributed by atoms with Crippen molar-refractivity contribution in [3.05, 3.63) is 59.7 Å². The van der Waals surface area contributed by atoms with Crippen molar-refractivity contribution in [2.75, 3.05) is 29.0 Å². The normalized spacial score (nSPS) is 12.2. The first-order valence-electron chi connectivity index (χ1n) is 10.4. The molecule has 168 valence electrons. The Morgan fingerprint density at radius 1 is 0.968 bits per heavy atom. The zero-order chi connectivity index (χ0) is 23.2. The van der Waals surface area contributed by atoms with E-state index in [1.165, 1.54) is 0 Å². The van der Waals surface area contributed by atoms with E-state index in [4.69, 9.17) is 0 Å². The van der Waals surface area contributed by atoms with Gasteiger partial charge in [0.25, 0.3) is 5.91 Å². The number of rotatable bonds is 9. The fourth-order valence-electron chi connectivity index (χ4n) is 3.43. The molecule has 0 heterocycles. The molecule has 2 amide bonds. The monoisotopic (exact) mass is 445 g/mol. The molecular formula is C23H31N3O4S. The summed E-state index contributed by atoms with van der Waals surface area (Å²) in [4.78, 5) is 27.7. The van der Waals surface area contributed by atoms with E-state index < -0.39 is 22.0 Å². The van der Waals surface area contributed by atoms with Crippen LogP contribution in [0.15, 0.2) is 48.5 Å². The molecule has 1 unspecified atom stereocenters. The third kappa shape index (κ3) is 5.85. The number of carbonyl (C=O) groups excluding carboxylic acids is 2. The summed E-state index contributed by atoms with van der Waals surface area (Å²) in [5.41, 5.74) is 2.14. The minimum absolute atomic E-state index is 0.188. The molecule has 8 heteroatoms. The zero-order valence-electron chi connectivity index (χ0n) is 18.8. The molecule has 2 rings (SSSR count). The van der Waals surface area contributed by atoms with Crippen LogP contribution in [-0.4, -0.2) is 50.5 Å². The van der Waals surface area contributed by atoms with E-state index in [0.717, 1.165) is 16.1 Å². The molecule has 0 aliphatic carbocycles. The van der Waals surface area contributed by atoms with Crippen LogP contribution < -0.4 is 9.62 Å².